The first-order valence-corrected chi connectivity index (χ1v) is 7.46. The molecule has 0 radical (unpaired) electrons. The summed E-state index contributed by atoms with van der Waals surface area (Å²) in [7, 11) is 0. The molecule has 1 aliphatic carbocycles. The van der Waals surface area contributed by atoms with Gasteiger partial charge in [0.1, 0.15) is 22.4 Å². The summed E-state index contributed by atoms with van der Waals surface area (Å²) in [6.45, 7) is 3.31. The van der Waals surface area contributed by atoms with Gasteiger partial charge < -0.3 is 11.1 Å². The third kappa shape index (κ3) is 3.57. The zero-order valence-electron chi connectivity index (χ0n) is 10.8. The SMILES string of the molecule is CC1CCCC(CCNc2ncnc(N)c2Br)C1. The fraction of sp³-hybridized carbons (Fsp3) is 0.692. The Hall–Kier alpha value is -0.840. The first-order valence-electron chi connectivity index (χ1n) is 6.66. The minimum Gasteiger partial charge on any atom is -0.383 e. The fourth-order valence-corrected chi connectivity index (χ4v) is 3.07. The van der Waals surface area contributed by atoms with Gasteiger partial charge in [0.2, 0.25) is 0 Å². The van der Waals surface area contributed by atoms with Crippen LogP contribution < -0.4 is 11.1 Å². The van der Waals surface area contributed by atoms with Crippen LogP contribution in [0.25, 0.3) is 0 Å². The van der Waals surface area contributed by atoms with E-state index in [0.717, 1.165) is 28.7 Å². The highest BCUT2D eigenvalue weighted by Gasteiger charge is 2.18. The Kier molecular flexibility index (Phi) is 4.80. The van der Waals surface area contributed by atoms with E-state index in [-0.39, 0.29) is 0 Å². The zero-order valence-corrected chi connectivity index (χ0v) is 12.4. The van der Waals surface area contributed by atoms with E-state index >= 15 is 0 Å². The van der Waals surface area contributed by atoms with Gasteiger partial charge in [-0.15, -0.1) is 0 Å². The van der Waals surface area contributed by atoms with Crippen molar-refractivity contribution in [1.29, 1.82) is 0 Å². The number of hydrogen-bond donors (Lipinski definition) is 2. The van der Waals surface area contributed by atoms with E-state index in [1.54, 1.807) is 0 Å². The van der Waals surface area contributed by atoms with Crippen molar-refractivity contribution in [3.05, 3.63) is 10.8 Å². The zero-order chi connectivity index (χ0) is 13.0. The quantitative estimate of drug-likeness (QED) is 0.893. The highest BCUT2D eigenvalue weighted by atomic mass is 79.9. The van der Waals surface area contributed by atoms with Crippen molar-refractivity contribution in [2.45, 2.75) is 39.0 Å². The molecule has 2 rings (SSSR count). The van der Waals surface area contributed by atoms with Crippen LogP contribution in [0.2, 0.25) is 0 Å². The van der Waals surface area contributed by atoms with E-state index < -0.39 is 0 Å². The van der Waals surface area contributed by atoms with Crippen molar-refractivity contribution in [2.75, 3.05) is 17.6 Å². The van der Waals surface area contributed by atoms with E-state index in [0.29, 0.717) is 5.82 Å². The second-order valence-corrected chi connectivity index (χ2v) is 6.07. The standard InChI is InChI=1S/C13H21BrN4/c1-9-3-2-4-10(7-9)5-6-16-13-11(14)12(15)17-8-18-13/h8-10H,2-7H2,1H3,(H3,15,16,17,18). The number of halogens is 1. The van der Waals surface area contributed by atoms with Gasteiger partial charge in [0.05, 0.1) is 0 Å². The lowest BCUT2D eigenvalue weighted by atomic mass is 9.81. The van der Waals surface area contributed by atoms with Gasteiger partial charge in [0.25, 0.3) is 0 Å². The average molecular weight is 313 g/mol. The molecule has 1 aromatic heterocycles. The van der Waals surface area contributed by atoms with Crippen molar-refractivity contribution in [3.63, 3.8) is 0 Å². The van der Waals surface area contributed by atoms with Crippen LogP contribution in [0.4, 0.5) is 11.6 Å². The summed E-state index contributed by atoms with van der Waals surface area (Å²) in [5.41, 5.74) is 5.72. The van der Waals surface area contributed by atoms with Gasteiger partial charge in [-0.2, -0.15) is 0 Å². The Labute approximate surface area is 117 Å². The van der Waals surface area contributed by atoms with E-state index in [1.807, 2.05) is 0 Å². The Morgan fingerprint density at radius 1 is 1.44 bits per heavy atom. The Morgan fingerprint density at radius 2 is 2.28 bits per heavy atom. The number of nitrogens with zero attached hydrogens (tertiary/aromatic N) is 2. The van der Waals surface area contributed by atoms with Crippen LogP contribution in [0.3, 0.4) is 0 Å². The maximum atomic E-state index is 5.72. The van der Waals surface area contributed by atoms with Gasteiger partial charge in [-0.25, -0.2) is 9.97 Å². The molecule has 0 bridgehead atoms. The monoisotopic (exact) mass is 312 g/mol. The topological polar surface area (TPSA) is 63.8 Å². The summed E-state index contributed by atoms with van der Waals surface area (Å²) >= 11 is 3.40. The number of nitrogens with two attached hydrogens (primary N) is 1. The minimum atomic E-state index is 0.485. The second-order valence-electron chi connectivity index (χ2n) is 5.27. The molecule has 2 unspecified atom stereocenters. The van der Waals surface area contributed by atoms with Crippen molar-refractivity contribution in [3.8, 4) is 0 Å². The number of anilines is 2. The molecule has 2 atom stereocenters. The summed E-state index contributed by atoms with van der Waals surface area (Å²) in [6, 6.07) is 0. The van der Waals surface area contributed by atoms with Gasteiger partial charge >= 0.3 is 0 Å². The lowest BCUT2D eigenvalue weighted by Crippen LogP contribution is -2.17. The maximum absolute atomic E-state index is 5.72. The Balaban J connectivity index is 1.79. The molecule has 0 amide bonds. The molecule has 3 N–H and O–H groups in total. The summed E-state index contributed by atoms with van der Waals surface area (Å²) in [6.07, 6.45) is 8.23. The Morgan fingerprint density at radius 3 is 3.06 bits per heavy atom. The molecular weight excluding hydrogens is 292 g/mol. The van der Waals surface area contributed by atoms with E-state index in [1.165, 1.54) is 38.4 Å². The number of aromatic nitrogens is 2. The van der Waals surface area contributed by atoms with Crippen molar-refractivity contribution in [2.24, 2.45) is 11.8 Å². The van der Waals surface area contributed by atoms with E-state index in [4.69, 9.17) is 5.73 Å². The number of nitrogen functional groups attached to an aromatic ring is 1. The van der Waals surface area contributed by atoms with E-state index in [2.05, 4.69) is 38.1 Å². The van der Waals surface area contributed by atoms with Crippen LogP contribution in [0.5, 0.6) is 0 Å². The highest BCUT2D eigenvalue weighted by molar-refractivity contribution is 9.10. The lowest BCUT2D eigenvalue weighted by molar-refractivity contribution is 0.274. The largest absolute Gasteiger partial charge is 0.383 e. The lowest BCUT2D eigenvalue weighted by Gasteiger charge is -2.26. The molecule has 1 aromatic rings. The third-order valence-electron chi connectivity index (χ3n) is 3.71. The van der Waals surface area contributed by atoms with Crippen LogP contribution in [-0.2, 0) is 0 Å². The molecule has 1 heterocycles. The van der Waals surface area contributed by atoms with Crippen molar-refractivity contribution >= 4 is 27.6 Å². The third-order valence-corrected chi connectivity index (χ3v) is 4.49. The summed E-state index contributed by atoms with van der Waals surface area (Å²) in [4.78, 5) is 8.11. The van der Waals surface area contributed by atoms with E-state index in [9.17, 15) is 0 Å². The molecule has 1 saturated carbocycles. The normalized spacial score (nSPS) is 23.9. The fourth-order valence-electron chi connectivity index (χ4n) is 2.72. The molecule has 100 valence electrons. The first kappa shape index (κ1) is 13.6. The molecule has 0 aliphatic heterocycles. The van der Waals surface area contributed by atoms with Crippen LogP contribution in [-0.4, -0.2) is 16.5 Å². The molecule has 4 nitrogen and oxygen atoms in total. The van der Waals surface area contributed by atoms with Gasteiger partial charge in [0.15, 0.2) is 0 Å². The van der Waals surface area contributed by atoms with Gasteiger partial charge in [-0.1, -0.05) is 26.2 Å². The van der Waals surface area contributed by atoms with Crippen LogP contribution in [0.1, 0.15) is 39.0 Å². The van der Waals surface area contributed by atoms with Gasteiger partial charge in [-0.3, -0.25) is 0 Å². The number of hydrogen-bond acceptors (Lipinski definition) is 4. The molecular formula is C13H21BrN4. The van der Waals surface area contributed by atoms with Crippen LogP contribution in [0.15, 0.2) is 10.8 Å². The highest BCUT2D eigenvalue weighted by Crippen LogP contribution is 2.31. The van der Waals surface area contributed by atoms with Gasteiger partial charge in [-0.05, 0) is 40.6 Å². The molecule has 18 heavy (non-hydrogen) atoms. The van der Waals surface area contributed by atoms with Crippen LogP contribution >= 0.6 is 15.9 Å². The number of nitrogens with one attached hydrogen (secondary N) is 1. The molecule has 0 aromatic carbocycles. The summed E-state index contributed by atoms with van der Waals surface area (Å²) < 4.78 is 0.766. The maximum Gasteiger partial charge on any atom is 0.145 e. The predicted octanol–water partition coefficient (Wildman–Crippen LogP) is 3.45. The average Bonchev–Trinajstić information content (AvgIpc) is 2.35. The molecule has 0 saturated heterocycles. The summed E-state index contributed by atoms with van der Waals surface area (Å²) in [5, 5.41) is 3.34. The minimum absolute atomic E-state index is 0.485. The predicted molar refractivity (Wildman–Crippen MR) is 78.4 cm³/mol. The summed E-state index contributed by atoms with van der Waals surface area (Å²) in [5.74, 6) is 3.04. The smallest absolute Gasteiger partial charge is 0.145 e. The molecule has 5 heteroatoms. The van der Waals surface area contributed by atoms with Crippen molar-refractivity contribution in [1.82, 2.24) is 9.97 Å². The Bertz CT molecular complexity index is 397. The first-order chi connectivity index (χ1) is 8.66. The number of rotatable bonds is 4. The molecule has 1 fully saturated rings. The van der Waals surface area contributed by atoms with Gasteiger partial charge in [0, 0.05) is 6.54 Å². The molecule has 1 aliphatic rings. The van der Waals surface area contributed by atoms with Crippen LogP contribution in [0, 0.1) is 11.8 Å². The van der Waals surface area contributed by atoms with Crippen molar-refractivity contribution < 1.29 is 0 Å². The second kappa shape index (κ2) is 6.36. The molecule has 0 spiro atoms.